The van der Waals surface area contributed by atoms with Gasteiger partial charge in [-0.2, -0.15) is 5.10 Å². The highest BCUT2D eigenvalue weighted by Crippen LogP contribution is 2.28. The first-order valence-electron chi connectivity index (χ1n) is 8.79. The van der Waals surface area contributed by atoms with Gasteiger partial charge in [-0.1, -0.05) is 17.7 Å². The molecule has 0 radical (unpaired) electrons. The minimum atomic E-state index is 0.0665. The maximum absolute atomic E-state index is 12.8. The van der Waals surface area contributed by atoms with Gasteiger partial charge in [0.05, 0.1) is 18.3 Å². The minimum absolute atomic E-state index is 0.0665. The number of amides is 1. The van der Waals surface area contributed by atoms with Gasteiger partial charge in [-0.15, -0.1) is 0 Å². The summed E-state index contributed by atoms with van der Waals surface area (Å²) in [6.07, 6.45) is 3.34. The largest absolute Gasteiger partial charge is 0.497 e. The number of carbonyl (C=O) groups is 1. The first kappa shape index (κ1) is 16.9. The first-order valence-corrected chi connectivity index (χ1v) is 9.17. The Bertz CT molecular complexity index is 961. The van der Waals surface area contributed by atoms with Crippen LogP contribution in [0.1, 0.15) is 29.6 Å². The lowest BCUT2D eigenvalue weighted by atomic mass is 10.1. The summed E-state index contributed by atoms with van der Waals surface area (Å²) in [5.74, 6) is 0.816. The summed E-state index contributed by atoms with van der Waals surface area (Å²) in [5.41, 5.74) is 2.38. The van der Waals surface area contributed by atoms with Crippen LogP contribution < -0.4 is 4.74 Å². The number of hydrogen-bond acceptors (Lipinski definition) is 3. The Balaban J connectivity index is 1.73. The van der Waals surface area contributed by atoms with Crippen molar-refractivity contribution in [3.05, 3.63) is 53.2 Å². The number of hydrogen-bond donors (Lipinski definition) is 0. The van der Waals surface area contributed by atoms with Crippen LogP contribution in [0.2, 0.25) is 5.15 Å². The smallest absolute Gasteiger partial charge is 0.253 e. The minimum Gasteiger partial charge on any atom is -0.497 e. The Hall–Kier alpha value is -2.53. The zero-order chi connectivity index (χ0) is 18.1. The second kappa shape index (κ2) is 7.00. The molecule has 1 amide bonds. The van der Waals surface area contributed by atoms with Crippen LogP contribution in [0, 0.1) is 0 Å². The van der Waals surface area contributed by atoms with Crippen molar-refractivity contribution in [1.82, 2.24) is 14.7 Å². The average Bonchev–Trinajstić information content (AvgIpc) is 3.04. The van der Waals surface area contributed by atoms with Gasteiger partial charge in [0.25, 0.3) is 5.91 Å². The number of nitrogens with zero attached hydrogens (tertiary/aromatic N) is 3. The molecule has 26 heavy (non-hydrogen) atoms. The molecule has 4 rings (SSSR count). The van der Waals surface area contributed by atoms with Crippen LogP contribution in [0.5, 0.6) is 5.75 Å². The highest BCUT2D eigenvalue weighted by molar-refractivity contribution is 6.34. The number of ether oxygens (including phenoxy) is 1. The summed E-state index contributed by atoms with van der Waals surface area (Å²) in [7, 11) is 1.63. The fraction of sp³-hybridized carbons (Fsp3) is 0.300. The predicted molar refractivity (Wildman–Crippen MR) is 102 cm³/mol. The van der Waals surface area contributed by atoms with Crippen LogP contribution in [-0.4, -0.2) is 40.8 Å². The molecule has 0 bridgehead atoms. The van der Waals surface area contributed by atoms with Gasteiger partial charge in [0, 0.05) is 30.1 Å². The van der Waals surface area contributed by atoms with Crippen molar-refractivity contribution < 1.29 is 9.53 Å². The number of rotatable bonds is 3. The van der Waals surface area contributed by atoms with Crippen molar-refractivity contribution >= 4 is 28.4 Å². The number of halogens is 1. The SMILES string of the molecule is COc1cccc(-n2nc(Cl)c3cc(C(=O)N4CCCCC4)ccc32)c1. The summed E-state index contributed by atoms with van der Waals surface area (Å²) in [6, 6.07) is 13.2. The molecule has 1 saturated heterocycles. The molecule has 134 valence electrons. The molecule has 1 aromatic heterocycles. The van der Waals surface area contributed by atoms with Crippen molar-refractivity contribution in [3.8, 4) is 11.4 Å². The molecule has 1 aliphatic rings. The summed E-state index contributed by atoms with van der Waals surface area (Å²) in [5, 5.41) is 5.61. The highest BCUT2D eigenvalue weighted by Gasteiger charge is 2.20. The number of aromatic nitrogens is 2. The molecule has 1 fully saturated rings. The van der Waals surface area contributed by atoms with Crippen LogP contribution in [0.3, 0.4) is 0 Å². The molecular formula is C20H20ClN3O2. The summed E-state index contributed by atoms with van der Waals surface area (Å²) in [4.78, 5) is 14.7. The van der Waals surface area contributed by atoms with Gasteiger partial charge in [-0.25, -0.2) is 4.68 Å². The third-order valence-electron chi connectivity index (χ3n) is 4.82. The van der Waals surface area contributed by atoms with Gasteiger partial charge < -0.3 is 9.64 Å². The predicted octanol–water partition coefficient (Wildman–Crippen LogP) is 4.31. The molecule has 1 aliphatic heterocycles. The number of likely N-dealkylation sites (tertiary alicyclic amines) is 1. The van der Waals surface area contributed by atoms with E-state index >= 15 is 0 Å². The van der Waals surface area contributed by atoms with E-state index < -0.39 is 0 Å². The zero-order valence-corrected chi connectivity index (χ0v) is 15.4. The van der Waals surface area contributed by atoms with Crippen molar-refractivity contribution in [2.75, 3.05) is 20.2 Å². The monoisotopic (exact) mass is 369 g/mol. The molecule has 0 aliphatic carbocycles. The fourth-order valence-electron chi connectivity index (χ4n) is 3.43. The molecule has 2 heterocycles. The lowest BCUT2D eigenvalue weighted by Gasteiger charge is -2.26. The van der Waals surface area contributed by atoms with Gasteiger partial charge >= 0.3 is 0 Å². The number of methoxy groups -OCH3 is 1. The molecular weight excluding hydrogens is 350 g/mol. The standard InChI is InChI=1S/C20H20ClN3O2/c1-26-16-7-5-6-15(13-16)24-18-9-8-14(12-17(18)19(21)22-24)20(25)23-10-3-2-4-11-23/h5-9,12-13H,2-4,10-11H2,1H3. The third kappa shape index (κ3) is 3.03. The van der Waals surface area contributed by atoms with Crippen LogP contribution in [-0.2, 0) is 0 Å². The van der Waals surface area contributed by atoms with E-state index in [1.54, 1.807) is 11.8 Å². The quantitative estimate of drug-likeness (QED) is 0.691. The lowest BCUT2D eigenvalue weighted by molar-refractivity contribution is 0.0724. The Labute approximate surface area is 157 Å². The Kier molecular flexibility index (Phi) is 4.55. The van der Waals surface area contributed by atoms with Gasteiger partial charge in [0.15, 0.2) is 5.15 Å². The van der Waals surface area contributed by atoms with Gasteiger partial charge in [-0.05, 0) is 49.6 Å². The van der Waals surface area contributed by atoms with E-state index in [9.17, 15) is 4.79 Å². The second-order valence-corrected chi connectivity index (χ2v) is 6.85. The Morgan fingerprint density at radius 2 is 1.92 bits per heavy atom. The number of benzene rings is 2. The van der Waals surface area contributed by atoms with Crippen molar-refractivity contribution in [1.29, 1.82) is 0 Å². The number of carbonyl (C=O) groups excluding carboxylic acids is 1. The van der Waals surface area contributed by atoms with E-state index in [1.165, 1.54) is 6.42 Å². The van der Waals surface area contributed by atoms with E-state index in [0.29, 0.717) is 10.7 Å². The van der Waals surface area contributed by atoms with Crippen molar-refractivity contribution in [2.24, 2.45) is 0 Å². The average molecular weight is 370 g/mol. The molecule has 3 aromatic rings. The van der Waals surface area contributed by atoms with Crippen LogP contribution in [0.15, 0.2) is 42.5 Å². The van der Waals surface area contributed by atoms with E-state index in [-0.39, 0.29) is 5.91 Å². The van der Waals surface area contributed by atoms with E-state index in [0.717, 1.165) is 48.3 Å². The van der Waals surface area contributed by atoms with Crippen LogP contribution >= 0.6 is 11.6 Å². The number of fused-ring (bicyclic) bond motifs is 1. The first-order chi connectivity index (χ1) is 12.7. The molecule has 0 N–H and O–H groups in total. The van der Waals surface area contributed by atoms with Crippen LogP contribution in [0.25, 0.3) is 16.6 Å². The highest BCUT2D eigenvalue weighted by atomic mass is 35.5. The maximum atomic E-state index is 12.8. The zero-order valence-electron chi connectivity index (χ0n) is 14.6. The molecule has 0 spiro atoms. The molecule has 6 heteroatoms. The topological polar surface area (TPSA) is 47.4 Å². The van der Waals surface area contributed by atoms with Crippen molar-refractivity contribution in [3.63, 3.8) is 0 Å². The van der Waals surface area contributed by atoms with Crippen LogP contribution in [0.4, 0.5) is 0 Å². The molecule has 5 nitrogen and oxygen atoms in total. The molecule has 0 atom stereocenters. The van der Waals surface area contributed by atoms with Gasteiger partial charge in [-0.3, -0.25) is 4.79 Å². The maximum Gasteiger partial charge on any atom is 0.253 e. The van der Waals surface area contributed by atoms with E-state index in [4.69, 9.17) is 16.3 Å². The Morgan fingerprint density at radius 1 is 1.12 bits per heavy atom. The normalized spacial score (nSPS) is 14.6. The van der Waals surface area contributed by atoms with Gasteiger partial charge in [0.1, 0.15) is 5.75 Å². The van der Waals surface area contributed by atoms with E-state index in [1.807, 2.05) is 47.4 Å². The van der Waals surface area contributed by atoms with Crippen molar-refractivity contribution in [2.45, 2.75) is 19.3 Å². The van der Waals surface area contributed by atoms with E-state index in [2.05, 4.69) is 5.10 Å². The number of piperidine rings is 1. The second-order valence-electron chi connectivity index (χ2n) is 6.49. The molecule has 2 aromatic carbocycles. The third-order valence-corrected chi connectivity index (χ3v) is 5.10. The molecule has 0 unspecified atom stereocenters. The molecule has 0 saturated carbocycles. The Morgan fingerprint density at radius 3 is 2.69 bits per heavy atom. The summed E-state index contributed by atoms with van der Waals surface area (Å²) >= 11 is 6.38. The van der Waals surface area contributed by atoms with Gasteiger partial charge in [0.2, 0.25) is 0 Å². The summed E-state index contributed by atoms with van der Waals surface area (Å²) < 4.78 is 7.06. The fourth-order valence-corrected chi connectivity index (χ4v) is 3.66. The summed E-state index contributed by atoms with van der Waals surface area (Å²) in [6.45, 7) is 1.65. The lowest BCUT2D eigenvalue weighted by Crippen LogP contribution is -2.35.